The van der Waals surface area contributed by atoms with Crippen LogP contribution in [0.1, 0.15) is 5.69 Å². The number of nitrogens with one attached hydrogen (secondary N) is 2. The van der Waals surface area contributed by atoms with Gasteiger partial charge in [0.05, 0.1) is 4.90 Å². The highest BCUT2D eigenvalue weighted by Crippen LogP contribution is 2.20. The molecule has 0 saturated heterocycles. The SMILES string of the molecule is Cc1cc(=O)[nH]c(-c2cccc(NC(=O)CS(=O)(=O)c3ccc(Cl)cc3)c2)n1. The molecule has 0 aliphatic rings. The van der Waals surface area contributed by atoms with Gasteiger partial charge in [-0.05, 0) is 43.3 Å². The summed E-state index contributed by atoms with van der Waals surface area (Å²) in [6.07, 6.45) is 0. The molecular weight excluding hydrogens is 402 g/mol. The third-order valence-corrected chi connectivity index (χ3v) is 5.67. The minimum Gasteiger partial charge on any atom is -0.325 e. The number of rotatable bonds is 5. The second kappa shape index (κ2) is 7.95. The predicted octanol–water partition coefficient (Wildman–Crippen LogP) is 2.81. The number of anilines is 1. The van der Waals surface area contributed by atoms with Crippen LogP contribution < -0.4 is 10.9 Å². The highest BCUT2D eigenvalue weighted by molar-refractivity contribution is 7.92. The molecule has 0 atom stereocenters. The molecule has 0 unspecified atom stereocenters. The van der Waals surface area contributed by atoms with Crippen molar-refractivity contribution in [1.82, 2.24) is 9.97 Å². The molecule has 9 heteroatoms. The van der Waals surface area contributed by atoms with Crippen molar-refractivity contribution in [1.29, 1.82) is 0 Å². The molecule has 144 valence electrons. The Morgan fingerprint density at radius 2 is 1.86 bits per heavy atom. The Morgan fingerprint density at radius 3 is 2.54 bits per heavy atom. The summed E-state index contributed by atoms with van der Waals surface area (Å²) >= 11 is 5.76. The quantitative estimate of drug-likeness (QED) is 0.663. The van der Waals surface area contributed by atoms with Gasteiger partial charge in [-0.25, -0.2) is 13.4 Å². The Labute approximate surface area is 166 Å². The van der Waals surface area contributed by atoms with Crippen molar-refractivity contribution >= 4 is 33.0 Å². The number of nitrogens with zero attached hydrogens (tertiary/aromatic N) is 1. The van der Waals surface area contributed by atoms with Gasteiger partial charge in [0.15, 0.2) is 9.84 Å². The third kappa shape index (κ3) is 4.85. The first-order chi connectivity index (χ1) is 13.2. The summed E-state index contributed by atoms with van der Waals surface area (Å²) in [5, 5.41) is 2.96. The van der Waals surface area contributed by atoms with Gasteiger partial charge in [0.25, 0.3) is 5.56 Å². The minimum atomic E-state index is -3.80. The van der Waals surface area contributed by atoms with Crippen LogP contribution in [0.3, 0.4) is 0 Å². The Balaban J connectivity index is 1.77. The van der Waals surface area contributed by atoms with Gasteiger partial charge in [-0.1, -0.05) is 23.7 Å². The van der Waals surface area contributed by atoms with Crippen LogP contribution >= 0.6 is 11.6 Å². The van der Waals surface area contributed by atoms with E-state index in [0.29, 0.717) is 27.8 Å². The van der Waals surface area contributed by atoms with E-state index in [-0.39, 0.29) is 10.5 Å². The predicted molar refractivity (Wildman–Crippen MR) is 107 cm³/mol. The lowest BCUT2D eigenvalue weighted by molar-refractivity contribution is -0.113. The number of H-pyrrole nitrogens is 1. The van der Waals surface area contributed by atoms with E-state index in [4.69, 9.17) is 11.6 Å². The lowest BCUT2D eigenvalue weighted by atomic mass is 10.2. The molecule has 0 fully saturated rings. The number of aryl methyl sites for hydroxylation is 1. The molecule has 0 radical (unpaired) electrons. The van der Waals surface area contributed by atoms with Crippen LogP contribution in [-0.4, -0.2) is 30.0 Å². The first-order valence-electron chi connectivity index (χ1n) is 8.19. The van der Waals surface area contributed by atoms with Gasteiger partial charge < -0.3 is 10.3 Å². The summed E-state index contributed by atoms with van der Waals surface area (Å²) in [5.74, 6) is -1.04. The maximum absolute atomic E-state index is 12.4. The smallest absolute Gasteiger partial charge is 0.251 e. The van der Waals surface area contributed by atoms with E-state index in [1.807, 2.05) is 0 Å². The van der Waals surface area contributed by atoms with Crippen LogP contribution in [0.15, 0.2) is 64.3 Å². The van der Waals surface area contributed by atoms with Crippen molar-refractivity contribution in [3.8, 4) is 11.4 Å². The monoisotopic (exact) mass is 417 g/mol. The number of amides is 1. The molecule has 0 aliphatic carbocycles. The Bertz CT molecular complexity index is 1190. The highest BCUT2D eigenvalue weighted by Gasteiger charge is 2.19. The van der Waals surface area contributed by atoms with Crippen LogP contribution in [0.4, 0.5) is 5.69 Å². The molecule has 3 rings (SSSR count). The van der Waals surface area contributed by atoms with Crippen molar-refractivity contribution in [3.05, 3.63) is 75.7 Å². The van der Waals surface area contributed by atoms with Gasteiger partial charge in [0.2, 0.25) is 5.91 Å². The van der Waals surface area contributed by atoms with Gasteiger partial charge >= 0.3 is 0 Å². The van der Waals surface area contributed by atoms with Crippen molar-refractivity contribution in [2.45, 2.75) is 11.8 Å². The molecule has 2 N–H and O–H groups in total. The van der Waals surface area contributed by atoms with E-state index in [1.165, 1.54) is 30.3 Å². The van der Waals surface area contributed by atoms with E-state index < -0.39 is 21.5 Å². The van der Waals surface area contributed by atoms with E-state index >= 15 is 0 Å². The molecule has 1 heterocycles. The zero-order valence-electron chi connectivity index (χ0n) is 14.8. The lowest BCUT2D eigenvalue weighted by Gasteiger charge is -2.08. The maximum atomic E-state index is 12.4. The maximum Gasteiger partial charge on any atom is 0.251 e. The van der Waals surface area contributed by atoms with Gasteiger partial charge in [-0.2, -0.15) is 0 Å². The molecule has 0 bridgehead atoms. The number of halogens is 1. The molecular formula is C19H16ClN3O4S. The zero-order valence-corrected chi connectivity index (χ0v) is 16.3. The lowest BCUT2D eigenvalue weighted by Crippen LogP contribution is -2.23. The van der Waals surface area contributed by atoms with Crippen molar-refractivity contribution in [2.75, 3.05) is 11.1 Å². The molecule has 1 amide bonds. The zero-order chi connectivity index (χ0) is 20.3. The second-order valence-electron chi connectivity index (χ2n) is 6.08. The van der Waals surface area contributed by atoms with Gasteiger partial charge in [-0.15, -0.1) is 0 Å². The molecule has 1 aromatic heterocycles. The topological polar surface area (TPSA) is 109 Å². The number of benzene rings is 2. The number of sulfone groups is 1. The van der Waals surface area contributed by atoms with Gasteiger partial charge in [-0.3, -0.25) is 9.59 Å². The molecule has 28 heavy (non-hydrogen) atoms. The van der Waals surface area contributed by atoms with Crippen LogP contribution in [-0.2, 0) is 14.6 Å². The summed E-state index contributed by atoms with van der Waals surface area (Å²) < 4.78 is 24.7. The summed E-state index contributed by atoms with van der Waals surface area (Å²) in [4.78, 5) is 30.7. The highest BCUT2D eigenvalue weighted by atomic mass is 35.5. The molecule has 3 aromatic rings. The number of aromatic amines is 1. The molecule has 7 nitrogen and oxygen atoms in total. The van der Waals surface area contributed by atoms with E-state index in [2.05, 4.69) is 15.3 Å². The number of carbonyl (C=O) groups is 1. The number of hydrogen-bond acceptors (Lipinski definition) is 5. The van der Waals surface area contributed by atoms with Gasteiger partial charge in [0.1, 0.15) is 11.6 Å². The second-order valence-corrected chi connectivity index (χ2v) is 8.50. The van der Waals surface area contributed by atoms with Crippen LogP contribution in [0.25, 0.3) is 11.4 Å². The van der Waals surface area contributed by atoms with Crippen LogP contribution in [0.2, 0.25) is 5.02 Å². The molecule has 0 saturated carbocycles. The summed E-state index contributed by atoms with van der Waals surface area (Å²) in [5.41, 5.74) is 1.24. The fourth-order valence-electron chi connectivity index (χ4n) is 2.55. The fourth-order valence-corrected chi connectivity index (χ4v) is 3.82. The van der Waals surface area contributed by atoms with Crippen LogP contribution in [0.5, 0.6) is 0 Å². The third-order valence-electron chi connectivity index (χ3n) is 3.78. The van der Waals surface area contributed by atoms with Crippen molar-refractivity contribution < 1.29 is 13.2 Å². The molecule has 0 aliphatic heterocycles. The van der Waals surface area contributed by atoms with Crippen molar-refractivity contribution in [2.24, 2.45) is 0 Å². The summed E-state index contributed by atoms with van der Waals surface area (Å²) in [6.45, 7) is 1.70. The normalized spacial score (nSPS) is 11.2. The van der Waals surface area contributed by atoms with Gasteiger partial charge in [0, 0.05) is 28.0 Å². The van der Waals surface area contributed by atoms with E-state index in [1.54, 1.807) is 31.2 Å². The molecule has 2 aromatic carbocycles. The molecule has 0 spiro atoms. The average Bonchev–Trinajstić information content (AvgIpc) is 2.61. The van der Waals surface area contributed by atoms with E-state index in [9.17, 15) is 18.0 Å². The number of carbonyl (C=O) groups excluding carboxylic acids is 1. The first-order valence-corrected chi connectivity index (χ1v) is 10.2. The standard InChI is InChI=1S/C19H16ClN3O4S/c1-12-9-17(24)23-19(21-12)13-3-2-4-15(10-13)22-18(25)11-28(26,27)16-7-5-14(20)6-8-16/h2-10H,11H2,1H3,(H,22,25)(H,21,23,24). The van der Waals surface area contributed by atoms with Crippen molar-refractivity contribution in [3.63, 3.8) is 0 Å². The van der Waals surface area contributed by atoms with E-state index in [0.717, 1.165) is 0 Å². The average molecular weight is 418 g/mol. The Hall–Kier alpha value is -2.97. The Kier molecular flexibility index (Phi) is 5.62. The van der Waals surface area contributed by atoms with Crippen LogP contribution in [0, 0.1) is 6.92 Å². The summed E-state index contributed by atoms with van der Waals surface area (Å²) in [6, 6.07) is 13.6. The Morgan fingerprint density at radius 1 is 1.14 bits per heavy atom. The first kappa shape index (κ1) is 19.8. The summed E-state index contributed by atoms with van der Waals surface area (Å²) in [7, 11) is -3.80. The minimum absolute atomic E-state index is 0.0161. The number of aromatic nitrogens is 2. The largest absolute Gasteiger partial charge is 0.325 e. The number of hydrogen-bond donors (Lipinski definition) is 2. The fraction of sp³-hybridized carbons (Fsp3) is 0.105.